The molecular formula is C12H12N4O. The van der Waals surface area contributed by atoms with E-state index in [0.717, 1.165) is 6.54 Å². The fourth-order valence-corrected chi connectivity index (χ4v) is 1.42. The van der Waals surface area contributed by atoms with Gasteiger partial charge in [-0.2, -0.15) is 10.4 Å². The molecule has 0 radical (unpaired) electrons. The molecule has 0 bridgehead atoms. The molecule has 0 unspecified atom stereocenters. The number of nitriles is 1. The summed E-state index contributed by atoms with van der Waals surface area (Å²) < 4.78 is 7.33. The summed E-state index contributed by atoms with van der Waals surface area (Å²) in [7, 11) is 0. The molecule has 2 N–H and O–H groups in total. The van der Waals surface area contributed by atoms with Gasteiger partial charge in [0.15, 0.2) is 5.75 Å². The fourth-order valence-electron chi connectivity index (χ4n) is 1.42. The Morgan fingerprint density at radius 2 is 2.35 bits per heavy atom. The van der Waals surface area contributed by atoms with Crippen LogP contribution in [0, 0.1) is 11.3 Å². The van der Waals surface area contributed by atoms with Crippen molar-refractivity contribution in [1.82, 2.24) is 9.78 Å². The van der Waals surface area contributed by atoms with Crippen LogP contribution < -0.4 is 10.5 Å². The quantitative estimate of drug-likeness (QED) is 0.816. The summed E-state index contributed by atoms with van der Waals surface area (Å²) >= 11 is 0. The average Bonchev–Trinajstić information content (AvgIpc) is 2.79. The van der Waals surface area contributed by atoms with E-state index < -0.39 is 0 Å². The van der Waals surface area contributed by atoms with Crippen molar-refractivity contribution in [3.05, 3.63) is 36.2 Å². The Hall–Kier alpha value is -2.48. The van der Waals surface area contributed by atoms with Gasteiger partial charge in [-0.25, -0.2) is 0 Å². The topological polar surface area (TPSA) is 76.9 Å². The van der Waals surface area contributed by atoms with Gasteiger partial charge in [-0.05, 0) is 25.1 Å². The van der Waals surface area contributed by atoms with E-state index in [9.17, 15) is 0 Å². The molecule has 0 aliphatic carbocycles. The predicted octanol–water partition coefficient (Wildman–Crippen LogP) is 2.15. The van der Waals surface area contributed by atoms with Crippen LogP contribution in [0.5, 0.6) is 11.5 Å². The van der Waals surface area contributed by atoms with Gasteiger partial charge in [0.25, 0.3) is 0 Å². The average molecular weight is 228 g/mol. The smallest absolute Gasteiger partial charge is 0.165 e. The third-order valence-electron chi connectivity index (χ3n) is 2.29. The number of ether oxygens (including phenoxy) is 1. The molecule has 5 heteroatoms. The molecule has 1 aromatic heterocycles. The highest BCUT2D eigenvalue weighted by molar-refractivity contribution is 5.54. The lowest BCUT2D eigenvalue weighted by atomic mass is 10.2. The van der Waals surface area contributed by atoms with E-state index in [-0.39, 0.29) is 0 Å². The predicted molar refractivity (Wildman–Crippen MR) is 63.5 cm³/mol. The van der Waals surface area contributed by atoms with E-state index in [1.165, 1.54) is 0 Å². The summed E-state index contributed by atoms with van der Waals surface area (Å²) in [4.78, 5) is 0. The molecule has 86 valence electrons. The normalized spacial score (nSPS) is 9.88. The molecule has 0 spiro atoms. The van der Waals surface area contributed by atoms with Crippen molar-refractivity contribution in [3.63, 3.8) is 0 Å². The second-order valence-electron chi connectivity index (χ2n) is 3.50. The number of nitrogens with two attached hydrogens (primary N) is 1. The molecule has 0 saturated carbocycles. The number of benzene rings is 1. The first kappa shape index (κ1) is 11.0. The first-order chi connectivity index (χ1) is 8.22. The molecule has 2 aromatic rings. The van der Waals surface area contributed by atoms with Gasteiger partial charge >= 0.3 is 0 Å². The third kappa shape index (κ3) is 2.37. The molecule has 0 fully saturated rings. The van der Waals surface area contributed by atoms with Crippen molar-refractivity contribution < 1.29 is 4.74 Å². The van der Waals surface area contributed by atoms with Gasteiger partial charge in [-0.1, -0.05) is 0 Å². The highest BCUT2D eigenvalue weighted by Crippen LogP contribution is 2.26. The van der Waals surface area contributed by atoms with Crippen LogP contribution in [-0.4, -0.2) is 9.78 Å². The number of rotatable bonds is 3. The lowest BCUT2D eigenvalue weighted by Crippen LogP contribution is -1.92. The summed E-state index contributed by atoms with van der Waals surface area (Å²) in [5, 5.41) is 13.1. The van der Waals surface area contributed by atoms with Gasteiger partial charge in [0.2, 0.25) is 0 Å². The van der Waals surface area contributed by atoms with Crippen molar-refractivity contribution in [3.8, 4) is 17.6 Å². The van der Waals surface area contributed by atoms with Gasteiger partial charge in [-0.3, -0.25) is 4.68 Å². The minimum atomic E-state index is 0.411. The van der Waals surface area contributed by atoms with Gasteiger partial charge in [0.05, 0.1) is 18.0 Å². The lowest BCUT2D eigenvalue weighted by Gasteiger charge is -2.05. The third-order valence-corrected chi connectivity index (χ3v) is 2.29. The summed E-state index contributed by atoms with van der Waals surface area (Å²) in [5.41, 5.74) is 6.55. The number of nitrogens with zero attached hydrogens (tertiary/aromatic N) is 3. The fraction of sp³-hybridized carbons (Fsp3) is 0.167. The monoisotopic (exact) mass is 228 g/mol. The lowest BCUT2D eigenvalue weighted by molar-refractivity contribution is 0.480. The zero-order chi connectivity index (χ0) is 12.3. The van der Waals surface area contributed by atoms with Crippen LogP contribution in [0.25, 0.3) is 0 Å². The maximum Gasteiger partial charge on any atom is 0.165 e. The first-order valence-electron chi connectivity index (χ1n) is 5.23. The largest absolute Gasteiger partial charge is 0.453 e. The summed E-state index contributed by atoms with van der Waals surface area (Å²) in [6.07, 6.45) is 3.39. The van der Waals surface area contributed by atoms with Crippen LogP contribution in [0.4, 0.5) is 5.69 Å². The molecule has 1 heterocycles. The first-order valence-corrected chi connectivity index (χ1v) is 5.23. The van der Waals surface area contributed by atoms with E-state index in [2.05, 4.69) is 5.10 Å². The van der Waals surface area contributed by atoms with E-state index in [1.807, 2.05) is 13.0 Å². The Balaban J connectivity index is 2.27. The van der Waals surface area contributed by atoms with Crippen LogP contribution in [0.3, 0.4) is 0 Å². The zero-order valence-electron chi connectivity index (χ0n) is 9.42. The van der Waals surface area contributed by atoms with E-state index in [1.54, 1.807) is 35.3 Å². The van der Waals surface area contributed by atoms with Gasteiger partial charge in [-0.15, -0.1) is 0 Å². The van der Waals surface area contributed by atoms with Crippen LogP contribution in [0.15, 0.2) is 30.6 Å². The molecule has 0 aliphatic rings. The molecule has 5 nitrogen and oxygen atoms in total. The number of nitrogen functional groups attached to an aromatic ring is 1. The number of hydrogen-bond acceptors (Lipinski definition) is 4. The second-order valence-corrected chi connectivity index (χ2v) is 3.50. The molecule has 0 amide bonds. The SMILES string of the molecule is CCn1cc(Oc2ccc(N)cc2C#N)cn1. The summed E-state index contributed by atoms with van der Waals surface area (Å²) in [5.74, 6) is 1.09. The Kier molecular flexibility index (Phi) is 2.97. The number of hydrogen-bond donors (Lipinski definition) is 1. The van der Waals surface area contributed by atoms with Crippen LogP contribution >= 0.6 is 0 Å². The highest BCUT2D eigenvalue weighted by Gasteiger charge is 2.06. The van der Waals surface area contributed by atoms with Gasteiger partial charge in [0, 0.05) is 12.2 Å². The highest BCUT2D eigenvalue weighted by atomic mass is 16.5. The molecular weight excluding hydrogens is 216 g/mol. The van der Waals surface area contributed by atoms with Crippen molar-refractivity contribution in [1.29, 1.82) is 5.26 Å². The summed E-state index contributed by atoms with van der Waals surface area (Å²) in [6, 6.07) is 7.00. The molecule has 0 aliphatic heterocycles. The van der Waals surface area contributed by atoms with E-state index >= 15 is 0 Å². The zero-order valence-corrected chi connectivity index (χ0v) is 9.42. The van der Waals surface area contributed by atoms with Crippen molar-refractivity contribution in [2.45, 2.75) is 13.5 Å². The maximum absolute atomic E-state index is 8.97. The molecule has 2 rings (SSSR count). The standard InChI is InChI=1S/C12H12N4O/c1-2-16-8-11(7-15-16)17-12-4-3-10(14)5-9(12)6-13/h3-5,7-8H,2,14H2,1H3. The minimum Gasteiger partial charge on any atom is -0.453 e. The van der Waals surface area contributed by atoms with Gasteiger partial charge in [0.1, 0.15) is 11.8 Å². The van der Waals surface area contributed by atoms with Crippen LogP contribution in [0.1, 0.15) is 12.5 Å². The Labute approximate surface area is 99.0 Å². The number of anilines is 1. The van der Waals surface area contributed by atoms with Crippen molar-refractivity contribution in [2.24, 2.45) is 0 Å². The molecule has 1 aromatic carbocycles. The Bertz CT molecular complexity index is 568. The van der Waals surface area contributed by atoms with Crippen molar-refractivity contribution >= 4 is 5.69 Å². The second kappa shape index (κ2) is 4.58. The number of aromatic nitrogens is 2. The van der Waals surface area contributed by atoms with E-state index in [0.29, 0.717) is 22.7 Å². The van der Waals surface area contributed by atoms with Gasteiger partial charge < -0.3 is 10.5 Å². The Morgan fingerprint density at radius 3 is 3.00 bits per heavy atom. The number of aryl methyl sites for hydroxylation is 1. The summed E-state index contributed by atoms with van der Waals surface area (Å²) in [6.45, 7) is 2.76. The molecule has 17 heavy (non-hydrogen) atoms. The van der Waals surface area contributed by atoms with Crippen LogP contribution in [0.2, 0.25) is 0 Å². The molecule has 0 saturated heterocycles. The van der Waals surface area contributed by atoms with E-state index in [4.69, 9.17) is 15.7 Å². The molecule has 0 atom stereocenters. The van der Waals surface area contributed by atoms with Crippen LogP contribution in [-0.2, 0) is 6.54 Å². The maximum atomic E-state index is 8.97. The Morgan fingerprint density at radius 1 is 1.53 bits per heavy atom. The van der Waals surface area contributed by atoms with Crippen molar-refractivity contribution in [2.75, 3.05) is 5.73 Å². The minimum absolute atomic E-state index is 0.411.